The SMILES string of the molecule is CCc1cc2c(-c3cccnc3OC=O)c(C)n(Cc3cc4ccccc4[nH]c3=O)c2cc1F. The van der Waals surface area contributed by atoms with Crippen LogP contribution in [-0.2, 0) is 17.8 Å². The number of nitrogens with one attached hydrogen (secondary N) is 1. The Balaban J connectivity index is 1.78. The van der Waals surface area contributed by atoms with Crippen molar-refractivity contribution in [1.82, 2.24) is 14.5 Å². The van der Waals surface area contributed by atoms with Crippen LogP contribution in [0.15, 0.2) is 65.6 Å². The summed E-state index contributed by atoms with van der Waals surface area (Å²) in [4.78, 5) is 31.1. The Labute approximate surface area is 194 Å². The molecule has 0 unspecified atom stereocenters. The number of pyridine rings is 2. The summed E-state index contributed by atoms with van der Waals surface area (Å²) in [5.74, 6) is -0.131. The van der Waals surface area contributed by atoms with E-state index in [0.717, 1.165) is 27.5 Å². The van der Waals surface area contributed by atoms with Gasteiger partial charge in [-0.3, -0.25) is 9.59 Å². The lowest BCUT2D eigenvalue weighted by Crippen LogP contribution is -2.16. The van der Waals surface area contributed by atoms with E-state index in [1.54, 1.807) is 12.3 Å². The predicted molar refractivity (Wildman–Crippen MR) is 130 cm³/mol. The van der Waals surface area contributed by atoms with E-state index >= 15 is 0 Å². The number of para-hydroxylation sites is 1. The molecule has 0 saturated heterocycles. The molecule has 0 spiro atoms. The van der Waals surface area contributed by atoms with E-state index in [4.69, 9.17) is 4.74 Å². The summed E-state index contributed by atoms with van der Waals surface area (Å²) in [7, 11) is 0. The summed E-state index contributed by atoms with van der Waals surface area (Å²) in [6, 6.07) is 16.3. The smallest absolute Gasteiger partial charge is 0.299 e. The lowest BCUT2D eigenvalue weighted by molar-refractivity contribution is -0.120. The maximum absolute atomic E-state index is 14.9. The number of hydrogen-bond donors (Lipinski definition) is 1. The molecule has 0 aliphatic carbocycles. The molecule has 0 saturated carbocycles. The Bertz CT molecular complexity index is 1620. The normalized spacial score (nSPS) is 11.3. The van der Waals surface area contributed by atoms with E-state index in [-0.39, 0.29) is 23.8 Å². The van der Waals surface area contributed by atoms with E-state index in [1.165, 1.54) is 6.07 Å². The number of carbonyl (C=O) groups is 1. The molecule has 3 heterocycles. The maximum Gasteiger partial charge on any atom is 0.299 e. The van der Waals surface area contributed by atoms with Crippen LogP contribution < -0.4 is 10.3 Å². The fourth-order valence-electron chi connectivity index (χ4n) is 4.56. The van der Waals surface area contributed by atoms with Crippen molar-refractivity contribution in [3.05, 3.63) is 93.8 Å². The molecule has 0 aliphatic rings. The van der Waals surface area contributed by atoms with Gasteiger partial charge in [0.25, 0.3) is 12.0 Å². The number of H-pyrrole nitrogens is 1. The van der Waals surface area contributed by atoms with Crippen molar-refractivity contribution in [3.8, 4) is 17.0 Å². The summed E-state index contributed by atoms with van der Waals surface area (Å²) in [6.45, 7) is 4.39. The van der Waals surface area contributed by atoms with Crippen LogP contribution in [0.4, 0.5) is 4.39 Å². The van der Waals surface area contributed by atoms with Crippen molar-refractivity contribution in [2.45, 2.75) is 26.8 Å². The number of rotatable bonds is 6. The number of ether oxygens (including phenoxy) is 1. The minimum absolute atomic E-state index is 0.172. The average molecular weight is 455 g/mol. The molecule has 5 rings (SSSR count). The molecule has 170 valence electrons. The molecule has 34 heavy (non-hydrogen) atoms. The van der Waals surface area contributed by atoms with Gasteiger partial charge < -0.3 is 14.3 Å². The van der Waals surface area contributed by atoms with Gasteiger partial charge in [-0.1, -0.05) is 25.1 Å². The van der Waals surface area contributed by atoms with Crippen LogP contribution in [0.2, 0.25) is 0 Å². The highest BCUT2D eigenvalue weighted by Crippen LogP contribution is 2.39. The number of aromatic amines is 1. The molecular formula is C27H22FN3O3. The van der Waals surface area contributed by atoms with Gasteiger partial charge in [0.05, 0.1) is 12.1 Å². The number of nitrogens with zero attached hydrogens (tertiary/aromatic N) is 2. The summed E-state index contributed by atoms with van der Waals surface area (Å²) in [5.41, 5.74) is 4.56. The second kappa shape index (κ2) is 8.59. The van der Waals surface area contributed by atoms with Crippen molar-refractivity contribution >= 4 is 28.3 Å². The minimum atomic E-state index is -0.303. The first-order valence-electron chi connectivity index (χ1n) is 11.0. The molecule has 0 amide bonds. The highest BCUT2D eigenvalue weighted by atomic mass is 19.1. The summed E-state index contributed by atoms with van der Waals surface area (Å²) < 4.78 is 22.0. The van der Waals surface area contributed by atoms with Gasteiger partial charge in [-0.05, 0) is 60.7 Å². The first-order valence-corrected chi connectivity index (χ1v) is 11.0. The number of benzene rings is 2. The molecular weight excluding hydrogens is 433 g/mol. The van der Waals surface area contributed by atoms with Gasteiger partial charge in [0.2, 0.25) is 5.88 Å². The van der Waals surface area contributed by atoms with Crippen LogP contribution in [0.25, 0.3) is 32.9 Å². The number of fused-ring (bicyclic) bond motifs is 2. The van der Waals surface area contributed by atoms with Gasteiger partial charge in [0, 0.05) is 39.5 Å². The molecule has 3 aromatic heterocycles. The van der Waals surface area contributed by atoms with Crippen LogP contribution in [0.1, 0.15) is 23.7 Å². The maximum atomic E-state index is 14.9. The monoisotopic (exact) mass is 455 g/mol. The zero-order valence-corrected chi connectivity index (χ0v) is 18.8. The van der Waals surface area contributed by atoms with Crippen molar-refractivity contribution in [3.63, 3.8) is 0 Å². The molecule has 7 heteroatoms. The molecule has 0 radical (unpaired) electrons. The first kappa shape index (κ1) is 21.6. The number of aryl methyl sites for hydroxylation is 1. The Hall–Kier alpha value is -4.26. The molecule has 0 aliphatic heterocycles. The Morgan fingerprint density at radius 1 is 1.12 bits per heavy atom. The zero-order valence-electron chi connectivity index (χ0n) is 18.8. The van der Waals surface area contributed by atoms with Gasteiger partial charge >= 0.3 is 0 Å². The van der Waals surface area contributed by atoms with Gasteiger partial charge in [-0.2, -0.15) is 0 Å². The highest BCUT2D eigenvalue weighted by Gasteiger charge is 2.22. The third-order valence-electron chi connectivity index (χ3n) is 6.23. The van der Waals surface area contributed by atoms with Crippen molar-refractivity contribution < 1.29 is 13.9 Å². The number of hydrogen-bond acceptors (Lipinski definition) is 4. The van der Waals surface area contributed by atoms with Crippen LogP contribution in [0.5, 0.6) is 5.88 Å². The van der Waals surface area contributed by atoms with E-state index in [9.17, 15) is 14.0 Å². The lowest BCUT2D eigenvalue weighted by Gasteiger charge is -2.10. The molecule has 1 N–H and O–H groups in total. The average Bonchev–Trinajstić information content (AvgIpc) is 3.09. The summed E-state index contributed by atoms with van der Waals surface area (Å²) >= 11 is 0. The van der Waals surface area contributed by atoms with Crippen LogP contribution in [-0.4, -0.2) is 21.0 Å². The third-order valence-corrected chi connectivity index (χ3v) is 6.23. The van der Waals surface area contributed by atoms with Crippen LogP contribution in [0, 0.1) is 12.7 Å². The molecule has 0 fully saturated rings. The number of carbonyl (C=O) groups excluding carboxylic acids is 1. The summed E-state index contributed by atoms with van der Waals surface area (Å²) in [5, 5.41) is 1.72. The van der Waals surface area contributed by atoms with Gasteiger partial charge in [0.1, 0.15) is 5.82 Å². The molecule has 0 atom stereocenters. The minimum Gasteiger partial charge on any atom is -0.409 e. The van der Waals surface area contributed by atoms with Gasteiger partial charge in [-0.15, -0.1) is 0 Å². The molecule has 5 aromatic rings. The Kier molecular flexibility index (Phi) is 5.45. The standard InChI is InChI=1S/C27H22FN3O3/c1-3-17-12-21-24(13-22(17)28)31(14-19-11-18-7-4-5-9-23(18)30-26(19)33)16(2)25(21)20-8-6-10-29-27(20)34-15-32/h4-13,15H,3,14H2,1-2H3,(H,30,33). The first-order chi connectivity index (χ1) is 16.5. The third kappa shape index (κ3) is 3.55. The van der Waals surface area contributed by atoms with Crippen LogP contribution in [0.3, 0.4) is 0 Å². The molecule has 2 aromatic carbocycles. The fourth-order valence-corrected chi connectivity index (χ4v) is 4.56. The van der Waals surface area contributed by atoms with E-state index in [0.29, 0.717) is 35.1 Å². The van der Waals surface area contributed by atoms with E-state index in [2.05, 4.69) is 9.97 Å². The van der Waals surface area contributed by atoms with Crippen molar-refractivity contribution in [1.29, 1.82) is 0 Å². The quantitative estimate of drug-likeness (QED) is 0.360. The number of halogens is 1. The van der Waals surface area contributed by atoms with Gasteiger partial charge in [0.15, 0.2) is 0 Å². The lowest BCUT2D eigenvalue weighted by atomic mass is 10.0. The Morgan fingerprint density at radius 2 is 1.94 bits per heavy atom. The van der Waals surface area contributed by atoms with Crippen molar-refractivity contribution in [2.75, 3.05) is 0 Å². The van der Waals surface area contributed by atoms with Crippen LogP contribution >= 0.6 is 0 Å². The van der Waals surface area contributed by atoms with Crippen molar-refractivity contribution in [2.24, 2.45) is 0 Å². The van der Waals surface area contributed by atoms with E-state index < -0.39 is 0 Å². The fraction of sp³-hybridized carbons (Fsp3) is 0.148. The van der Waals surface area contributed by atoms with Gasteiger partial charge in [-0.25, -0.2) is 9.37 Å². The Morgan fingerprint density at radius 3 is 2.74 bits per heavy atom. The molecule has 0 bridgehead atoms. The predicted octanol–water partition coefficient (Wildman–Crippen LogP) is 5.14. The second-order valence-corrected chi connectivity index (χ2v) is 8.14. The number of aromatic nitrogens is 3. The second-order valence-electron chi connectivity index (χ2n) is 8.14. The topological polar surface area (TPSA) is 77.0 Å². The highest BCUT2D eigenvalue weighted by molar-refractivity contribution is 6.00. The zero-order chi connectivity index (χ0) is 23.8. The molecule has 6 nitrogen and oxygen atoms in total. The summed E-state index contributed by atoms with van der Waals surface area (Å²) in [6.07, 6.45) is 2.07. The van der Waals surface area contributed by atoms with E-state index in [1.807, 2.05) is 60.9 Å². The largest absolute Gasteiger partial charge is 0.409 e.